The van der Waals surface area contributed by atoms with E-state index in [4.69, 9.17) is 4.74 Å². The fourth-order valence-electron chi connectivity index (χ4n) is 2.54. The van der Waals surface area contributed by atoms with E-state index in [0.29, 0.717) is 6.54 Å². The summed E-state index contributed by atoms with van der Waals surface area (Å²) in [6, 6.07) is 4.13. The van der Waals surface area contributed by atoms with E-state index in [1.54, 1.807) is 0 Å². The minimum atomic E-state index is -3.71. The lowest BCUT2D eigenvalue weighted by Crippen LogP contribution is -2.38. The van der Waals surface area contributed by atoms with Gasteiger partial charge in [-0.15, -0.1) is 0 Å². The average Bonchev–Trinajstić information content (AvgIpc) is 2.59. The van der Waals surface area contributed by atoms with Crippen molar-refractivity contribution in [1.29, 1.82) is 0 Å². The monoisotopic (exact) mass is 342 g/mol. The summed E-state index contributed by atoms with van der Waals surface area (Å²) in [6.07, 6.45) is 2.04. The molecule has 1 aliphatic rings. The van der Waals surface area contributed by atoms with Crippen molar-refractivity contribution in [3.05, 3.63) is 23.8 Å². The molecule has 1 saturated heterocycles. The third-order valence-corrected chi connectivity index (χ3v) is 5.30. The standard InChI is InChI=1S/C15H22N2O5S/c1-21-13-8-12(15(18)22-2)5-6-14(13)23(19,20)17-10-11-4-3-7-16-9-11/h5-6,8,11,16-17H,3-4,7,9-10H2,1-2H3. The molecule has 0 spiro atoms. The molecular formula is C15H22N2O5S. The zero-order chi connectivity index (χ0) is 16.9. The lowest BCUT2D eigenvalue weighted by atomic mass is 10.0. The van der Waals surface area contributed by atoms with E-state index in [-0.39, 0.29) is 22.1 Å². The molecule has 1 unspecified atom stereocenters. The maximum absolute atomic E-state index is 12.5. The third-order valence-electron chi connectivity index (χ3n) is 3.84. The fourth-order valence-corrected chi connectivity index (χ4v) is 3.80. The largest absolute Gasteiger partial charge is 0.495 e. The summed E-state index contributed by atoms with van der Waals surface area (Å²) in [5, 5.41) is 3.25. The maximum Gasteiger partial charge on any atom is 0.337 e. The topological polar surface area (TPSA) is 93.7 Å². The van der Waals surface area contributed by atoms with Crippen LogP contribution in [-0.2, 0) is 14.8 Å². The molecule has 0 aliphatic carbocycles. The van der Waals surface area contributed by atoms with Crippen molar-refractivity contribution in [3.63, 3.8) is 0 Å². The van der Waals surface area contributed by atoms with Crippen LogP contribution in [0.4, 0.5) is 0 Å². The summed E-state index contributed by atoms with van der Waals surface area (Å²) in [6.45, 7) is 2.16. The van der Waals surface area contributed by atoms with Crippen LogP contribution in [0.15, 0.2) is 23.1 Å². The van der Waals surface area contributed by atoms with E-state index in [1.807, 2.05) is 0 Å². The van der Waals surface area contributed by atoms with E-state index in [2.05, 4.69) is 14.8 Å². The quantitative estimate of drug-likeness (QED) is 0.742. The summed E-state index contributed by atoms with van der Waals surface area (Å²) in [4.78, 5) is 11.5. The number of hydrogen-bond acceptors (Lipinski definition) is 6. The van der Waals surface area contributed by atoms with Gasteiger partial charge in [0.25, 0.3) is 0 Å². The van der Waals surface area contributed by atoms with Crippen molar-refractivity contribution in [3.8, 4) is 5.75 Å². The van der Waals surface area contributed by atoms with Gasteiger partial charge in [0, 0.05) is 6.54 Å². The molecule has 8 heteroatoms. The molecule has 1 aliphatic heterocycles. The number of sulfonamides is 1. The predicted octanol–water partition coefficient (Wildman–Crippen LogP) is 0.760. The Morgan fingerprint density at radius 2 is 2.17 bits per heavy atom. The molecule has 2 rings (SSSR count). The third kappa shape index (κ3) is 4.43. The first-order valence-corrected chi connectivity index (χ1v) is 8.93. The molecule has 0 radical (unpaired) electrons. The van der Waals surface area contributed by atoms with Gasteiger partial charge in [0.05, 0.1) is 19.8 Å². The lowest BCUT2D eigenvalue weighted by molar-refractivity contribution is 0.0600. The van der Waals surface area contributed by atoms with Crippen molar-refractivity contribution < 1.29 is 22.7 Å². The second-order valence-electron chi connectivity index (χ2n) is 5.42. The lowest BCUT2D eigenvalue weighted by Gasteiger charge is -2.23. The van der Waals surface area contributed by atoms with Crippen molar-refractivity contribution in [1.82, 2.24) is 10.0 Å². The fraction of sp³-hybridized carbons (Fsp3) is 0.533. The van der Waals surface area contributed by atoms with Crippen molar-refractivity contribution in [2.45, 2.75) is 17.7 Å². The van der Waals surface area contributed by atoms with Gasteiger partial charge in [0.2, 0.25) is 10.0 Å². The average molecular weight is 342 g/mol. The number of rotatable bonds is 6. The van der Waals surface area contributed by atoms with E-state index >= 15 is 0 Å². The molecule has 0 saturated carbocycles. The highest BCUT2D eigenvalue weighted by atomic mass is 32.2. The number of carbonyl (C=O) groups is 1. The molecule has 23 heavy (non-hydrogen) atoms. The minimum Gasteiger partial charge on any atom is -0.495 e. The number of nitrogens with one attached hydrogen (secondary N) is 2. The van der Waals surface area contributed by atoms with Crippen LogP contribution in [0.1, 0.15) is 23.2 Å². The Morgan fingerprint density at radius 1 is 1.39 bits per heavy atom. The normalized spacial score (nSPS) is 18.4. The predicted molar refractivity (Wildman–Crippen MR) is 85.1 cm³/mol. The molecule has 2 N–H and O–H groups in total. The Hall–Kier alpha value is -1.64. The number of esters is 1. The first-order valence-electron chi connectivity index (χ1n) is 7.44. The molecule has 0 aromatic heterocycles. The molecule has 0 bridgehead atoms. The van der Waals surface area contributed by atoms with Crippen LogP contribution in [0, 0.1) is 5.92 Å². The summed E-state index contributed by atoms with van der Waals surface area (Å²) in [7, 11) is -1.08. The van der Waals surface area contributed by atoms with Gasteiger partial charge in [-0.3, -0.25) is 0 Å². The zero-order valence-corrected chi connectivity index (χ0v) is 14.1. The molecule has 1 fully saturated rings. The molecular weight excluding hydrogens is 320 g/mol. The van der Waals surface area contributed by atoms with Crippen LogP contribution < -0.4 is 14.8 Å². The van der Waals surface area contributed by atoms with Crippen LogP contribution in [0.2, 0.25) is 0 Å². The highest BCUT2D eigenvalue weighted by Crippen LogP contribution is 2.25. The number of carbonyl (C=O) groups excluding carboxylic acids is 1. The highest BCUT2D eigenvalue weighted by molar-refractivity contribution is 7.89. The van der Waals surface area contributed by atoms with Gasteiger partial charge in [0.15, 0.2) is 0 Å². The summed E-state index contributed by atoms with van der Waals surface area (Å²) < 4.78 is 37.3. The maximum atomic E-state index is 12.5. The van der Waals surface area contributed by atoms with Crippen LogP contribution in [0.3, 0.4) is 0 Å². The van der Waals surface area contributed by atoms with Gasteiger partial charge in [-0.2, -0.15) is 0 Å². The Bertz CT molecular complexity index is 654. The molecule has 0 amide bonds. The SMILES string of the molecule is COC(=O)c1ccc(S(=O)(=O)NCC2CCCNC2)c(OC)c1. The molecule has 1 aromatic carbocycles. The van der Waals surface area contributed by atoms with Crippen molar-refractivity contribution >= 4 is 16.0 Å². The van der Waals surface area contributed by atoms with Crippen LogP contribution >= 0.6 is 0 Å². The Balaban J connectivity index is 2.16. The van der Waals surface area contributed by atoms with E-state index in [1.165, 1.54) is 32.4 Å². The Labute approximate surface area is 136 Å². The summed E-state index contributed by atoms with van der Waals surface area (Å²) in [5.74, 6) is -0.158. The van der Waals surface area contributed by atoms with Crippen LogP contribution in [0.5, 0.6) is 5.75 Å². The first-order chi connectivity index (χ1) is 11.0. The van der Waals surface area contributed by atoms with Crippen LogP contribution in [0.25, 0.3) is 0 Å². The zero-order valence-electron chi connectivity index (χ0n) is 13.3. The Morgan fingerprint density at radius 3 is 2.78 bits per heavy atom. The van der Waals surface area contributed by atoms with Gasteiger partial charge < -0.3 is 14.8 Å². The molecule has 1 aromatic rings. The van der Waals surface area contributed by atoms with E-state index in [9.17, 15) is 13.2 Å². The van der Waals surface area contributed by atoms with Gasteiger partial charge in [-0.05, 0) is 50.0 Å². The number of methoxy groups -OCH3 is 2. The molecule has 1 heterocycles. The summed E-state index contributed by atoms with van der Waals surface area (Å²) in [5.41, 5.74) is 0.236. The molecule has 128 valence electrons. The van der Waals surface area contributed by atoms with Gasteiger partial charge in [0.1, 0.15) is 10.6 Å². The minimum absolute atomic E-state index is 0.0106. The number of ether oxygens (including phenoxy) is 2. The second-order valence-corrected chi connectivity index (χ2v) is 7.16. The number of benzene rings is 1. The summed E-state index contributed by atoms with van der Waals surface area (Å²) >= 11 is 0. The second kappa shape index (κ2) is 7.76. The van der Waals surface area contributed by atoms with Crippen LogP contribution in [-0.4, -0.2) is 48.2 Å². The molecule has 7 nitrogen and oxygen atoms in total. The number of piperidine rings is 1. The first kappa shape index (κ1) is 17.7. The smallest absolute Gasteiger partial charge is 0.337 e. The highest BCUT2D eigenvalue weighted by Gasteiger charge is 2.23. The number of hydrogen-bond donors (Lipinski definition) is 2. The van der Waals surface area contributed by atoms with Gasteiger partial charge in [-0.1, -0.05) is 0 Å². The van der Waals surface area contributed by atoms with E-state index in [0.717, 1.165) is 25.9 Å². The van der Waals surface area contributed by atoms with E-state index < -0.39 is 16.0 Å². The Kier molecular flexibility index (Phi) is 5.97. The van der Waals surface area contributed by atoms with Crippen molar-refractivity contribution in [2.24, 2.45) is 5.92 Å². The van der Waals surface area contributed by atoms with Crippen molar-refractivity contribution in [2.75, 3.05) is 33.9 Å². The van der Waals surface area contributed by atoms with Gasteiger partial charge in [-0.25, -0.2) is 17.9 Å². The van der Waals surface area contributed by atoms with Gasteiger partial charge >= 0.3 is 5.97 Å². The molecule has 1 atom stereocenters.